The molecule has 14 nitrogen and oxygen atoms in total. The second-order valence-corrected chi connectivity index (χ2v) is 20.2. The van der Waals surface area contributed by atoms with E-state index in [1.165, 1.54) is 13.8 Å². The van der Waals surface area contributed by atoms with Gasteiger partial charge in [-0.25, -0.2) is 4.79 Å². The summed E-state index contributed by atoms with van der Waals surface area (Å²) in [6, 6.07) is 7.21. The number of ketones is 1. The molecule has 1 saturated heterocycles. The Labute approximate surface area is 297 Å². The lowest BCUT2D eigenvalue weighted by atomic mass is 9.45. The first-order valence-corrected chi connectivity index (χ1v) is 20.5. The number of aliphatic hydroxyl groups excluding tert-OH is 3. The molecular formula is C36H51NO13Si. The van der Waals surface area contributed by atoms with Crippen LogP contribution in [0.2, 0.25) is 19.1 Å². The Hall–Kier alpha value is -3.02. The third kappa shape index (κ3) is 6.49. The molecule has 1 aliphatic heterocycles. The van der Waals surface area contributed by atoms with E-state index in [9.17, 15) is 49.5 Å². The predicted molar refractivity (Wildman–Crippen MR) is 182 cm³/mol. The summed E-state index contributed by atoms with van der Waals surface area (Å²) in [6.07, 6.45) is -10.1. The molecule has 4 aliphatic rings. The van der Waals surface area contributed by atoms with E-state index in [-0.39, 0.29) is 36.6 Å². The summed E-state index contributed by atoms with van der Waals surface area (Å²) in [6.45, 7) is 10.2. The Morgan fingerprint density at radius 1 is 1.08 bits per heavy atom. The van der Waals surface area contributed by atoms with Crippen molar-refractivity contribution < 1.29 is 63.7 Å². The molecule has 15 heteroatoms. The molecule has 1 aromatic rings. The molecule has 7 N–H and O–H groups in total. The van der Waals surface area contributed by atoms with Gasteiger partial charge in [0.1, 0.15) is 17.3 Å². The van der Waals surface area contributed by atoms with E-state index in [4.69, 9.17) is 14.2 Å². The van der Waals surface area contributed by atoms with Crippen LogP contribution in [0, 0.1) is 16.7 Å². The van der Waals surface area contributed by atoms with E-state index in [1.54, 1.807) is 57.3 Å². The topological polar surface area (TPSA) is 229 Å². The van der Waals surface area contributed by atoms with Crippen LogP contribution >= 0.6 is 0 Å². The highest BCUT2D eigenvalue weighted by Gasteiger charge is 2.75. The number of hydrogen-bond acceptors (Lipinski definition) is 13. The molecule has 0 unspecified atom stereocenters. The van der Waals surface area contributed by atoms with Crippen molar-refractivity contribution in [2.75, 3.05) is 6.61 Å². The zero-order valence-electron chi connectivity index (χ0n) is 30.1. The minimum Gasteiger partial charge on any atom is -0.456 e. The van der Waals surface area contributed by atoms with Crippen LogP contribution in [0.1, 0.15) is 65.5 Å². The zero-order chi connectivity index (χ0) is 38.1. The molecule has 0 spiro atoms. The fourth-order valence-corrected chi connectivity index (χ4v) is 9.60. The smallest absolute Gasteiger partial charge is 0.338 e. The van der Waals surface area contributed by atoms with Crippen LogP contribution in [-0.4, -0.2) is 117 Å². The molecule has 3 aliphatic carbocycles. The van der Waals surface area contributed by atoms with Gasteiger partial charge in [0.05, 0.1) is 36.4 Å². The standard InChI is InChI=1S/C36H51NO13Si/c1-18-21(50-32(44)27(41)26(20-11-9-8-10-12-20)37-24(40)13-14-51(6,7)47)16-36(46)31(43)29-34(5,22(39)15-23-35(29,45)17-48-23)30(42)28(49-19(2)38)25(18)33(36,3)4/h8-12,21-23,26-29,31,39,41,43,45-47H,13-17H2,1-7H3,(H,37,40)/t21-,22-,23+,26-,27+,28+,29-,31-,34+,35-,36+/m0/s1. The summed E-state index contributed by atoms with van der Waals surface area (Å²) in [5, 5.41) is 62.3. The largest absolute Gasteiger partial charge is 0.456 e. The van der Waals surface area contributed by atoms with Crippen molar-refractivity contribution in [3.05, 3.63) is 47.0 Å². The normalized spacial score (nSPS) is 37.0. The molecule has 1 heterocycles. The molecule has 11 atom stereocenters. The molecular weight excluding hydrogens is 682 g/mol. The molecule has 282 valence electrons. The second kappa shape index (κ2) is 13.4. The third-order valence-electron chi connectivity index (χ3n) is 11.9. The number of carbonyl (C=O) groups excluding carboxylic acids is 4. The monoisotopic (exact) mass is 733 g/mol. The van der Waals surface area contributed by atoms with Crippen molar-refractivity contribution in [2.45, 2.75) is 127 Å². The maximum Gasteiger partial charge on any atom is 0.338 e. The van der Waals surface area contributed by atoms with Gasteiger partial charge in [0.25, 0.3) is 0 Å². The van der Waals surface area contributed by atoms with Gasteiger partial charge in [-0.1, -0.05) is 44.2 Å². The molecule has 2 bridgehead atoms. The molecule has 1 aromatic carbocycles. The Morgan fingerprint density at radius 2 is 1.71 bits per heavy atom. The molecule has 5 rings (SSSR count). The third-order valence-corrected chi connectivity index (χ3v) is 13.4. The first-order valence-electron chi connectivity index (χ1n) is 17.3. The van der Waals surface area contributed by atoms with Crippen molar-refractivity contribution >= 4 is 31.9 Å². The van der Waals surface area contributed by atoms with Crippen molar-refractivity contribution in [1.82, 2.24) is 5.32 Å². The maximum absolute atomic E-state index is 14.7. The van der Waals surface area contributed by atoms with E-state index >= 15 is 0 Å². The number of fused-ring (bicyclic) bond motifs is 5. The van der Waals surface area contributed by atoms with E-state index < -0.39 is 109 Å². The summed E-state index contributed by atoms with van der Waals surface area (Å²) in [7, 11) is -2.59. The highest BCUT2D eigenvalue weighted by molar-refractivity contribution is 6.69. The van der Waals surface area contributed by atoms with Gasteiger partial charge in [0.2, 0.25) is 5.91 Å². The number of hydrogen-bond donors (Lipinski definition) is 7. The lowest BCUT2D eigenvalue weighted by molar-refractivity contribution is -0.344. The summed E-state index contributed by atoms with van der Waals surface area (Å²) >= 11 is 0. The maximum atomic E-state index is 14.7. The van der Waals surface area contributed by atoms with Gasteiger partial charge >= 0.3 is 11.9 Å². The number of rotatable bonds is 9. The first kappa shape index (κ1) is 39.2. The van der Waals surface area contributed by atoms with Gasteiger partial charge in [0.15, 0.2) is 26.3 Å². The highest BCUT2D eigenvalue weighted by Crippen LogP contribution is 2.62. The van der Waals surface area contributed by atoms with Crippen LogP contribution in [-0.2, 0) is 33.4 Å². The average molecular weight is 734 g/mol. The van der Waals surface area contributed by atoms with Gasteiger partial charge in [0, 0.05) is 37.5 Å². The van der Waals surface area contributed by atoms with Crippen LogP contribution in [0.5, 0.6) is 0 Å². The van der Waals surface area contributed by atoms with Gasteiger partial charge in [-0.15, -0.1) is 0 Å². The SMILES string of the molecule is CC(=O)O[C@H]1C(=O)[C@@]2(C)[C@H]([C@H](O)[C@]3(O)C[C@H](OC(=O)[C@H](O)[C@@H](NC(=O)CC[Si](C)(C)O)c4ccccc4)C(C)=C1C3(C)C)[C@]1(O)CO[C@@H]1C[C@@H]2O. The molecule has 0 radical (unpaired) electrons. The van der Waals surface area contributed by atoms with Gasteiger partial charge in [-0.05, 0) is 49.7 Å². The molecule has 2 saturated carbocycles. The summed E-state index contributed by atoms with van der Waals surface area (Å²) < 4.78 is 17.1. The lowest BCUT2D eigenvalue weighted by Crippen LogP contribution is -2.80. The van der Waals surface area contributed by atoms with Crippen LogP contribution in [0.3, 0.4) is 0 Å². The average Bonchev–Trinajstić information content (AvgIpc) is 3.04. The first-order chi connectivity index (χ1) is 23.5. The summed E-state index contributed by atoms with van der Waals surface area (Å²) in [5.74, 6) is -4.89. The fourth-order valence-electron chi connectivity index (χ4n) is 8.76. The van der Waals surface area contributed by atoms with Crippen LogP contribution in [0.15, 0.2) is 41.5 Å². The Balaban J connectivity index is 1.56. The highest BCUT2D eigenvalue weighted by atomic mass is 28.4. The van der Waals surface area contributed by atoms with Crippen molar-refractivity contribution in [1.29, 1.82) is 0 Å². The molecule has 3 fully saturated rings. The molecule has 1 amide bonds. The number of benzene rings is 1. The Kier molecular flexibility index (Phi) is 10.3. The number of carbonyl (C=O) groups is 4. The Bertz CT molecular complexity index is 1590. The van der Waals surface area contributed by atoms with Gasteiger partial charge in [-0.2, -0.15) is 0 Å². The number of amides is 1. The van der Waals surface area contributed by atoms with Crippen LogP contribution < -0.4 is 5.32 Å². The lowest BCUT2D eigenvalue weighted by Gasteiger charge is -2.66. The predicted octanol–water partition coefficient (Wildman–Crippen LogP) is 0.574. The fraction of sp³-hybridized carbons (Fsp3) is 0.667. The number of esters is 2. The van der Waals surface area contributed by atoms with Crippen molar-refractivity contribution in [2.24, 2.45) is 16.7 Å². The summed E-state index contributed by atoms with van der Waals surface area (Å²) in [5.41, 5.74) is -6.95. The van der Waals surface area contributed by atoms with Gasteiger partial charge < -0.3 is 49.9 Å². The molecule has 0 aromatic heterocycles. The minimum atomic E-state index is -2.59. The number of aliphatic hydroxyl groups is 5. The van der Waals surface area contributed by atoms with E-state index in [0.29, 0.717) is 5.56 Å². The number of Topliss-reactive ketones (excluding diaryl/α,β-unsaturated/α-hetero) is 1. The van der Waals surface area contributed by atoms with Crippen molar-refractivity contribution in [3.8, 4) is 0 Å². The van der Waals surface area contributed by atoms with Crippen LogP contribution in [0.25, 0.3) is 0 Å². The minimum absolute atomic E-state index is 0.0392. The van der Waals surface area contributed by atoms with Crippen LogP contribution in [0.4, 0.5) is 0 Å². The Morgan fingerprint density at radius 3 is 2.25 bits per heavy atom. The number of nitrogens with one attached hydrogen (secondary N) is 1. The molecule has 51 heavy (non-hydrogen) atoms. The van der Waals surface area contributed by atoms with E-state index in [2.05, 4.69) is 5.32 Å². The number of ether oxygens (including phenoxy) is 3. The van der Waals surface area contributed by atoms with Gasteiger partial charge in [-0.3, -0.25) is 14.4 Å². The quantitative estimate of drug-likeness (QED) is 0.105. The summed E-state index contributed by atoms with van der Waals surface area (Å²) in [4.78, 5) is 64.2. The second-order valence-electron chi connectivity index (χ2n) is 16.1. The van der Waals surface area contributed by atoms with E-state index in [1.807, 2.05) is 0 Å². The zero-order valence-corrected chi connectivity index (χ0v) is 31.1. The van der Waals surface area contributed by atoms with Crippen molar-refractivity contribution in [3.63, 3.8) is 0 Å². The van der Waals surface area contributed by atoms with E-state index in [0.717, 1.165) is 6.92 Å².